The lowest BCUT2D eigenvalue weighted by atomic mass is 10.0. The van der Waals surface area contributed by atoms with Crippen molar-refractivity contribution in [1.29, 1.82) is 0 Å². The molecule has 5 heteroatoms. The molecule has 0 bridgehead atoms. The molecule has 0 radical (unpaired) electrons. The fraction of sp³-hybridized carbons (Fsp3) is 0.900. The van der Waals surface area contributed by atoms with Crippen molar-refractivity contribution in [2.24, 2.45) is 5.92 Å². The molecule has 1 saturated carbocycles. The van der Waals surface area contributed by atoms with E-state index in [1.807, 2.05) is 11.6 Å². The molecule has 2 rings (SSSR count). The van der Waals surface area contributed by atoms with Crippen LogP contribution in [0.15, 0.2) is 0 Å². The van der Waals surface area contributed by atoms with Crippen molar-refractivity contribution in [2.75, 3.05) is 0 Å². The predicted octanol–water partition coefficient (Wildman–Crippen LogP) is 2.72. The highest BCUT2D eigenvalue weighted by molar-refractivity contribution is 6.20. The molecule has 0 aromatic carbocycles. The van der Waals surface area contributed by atoms with Crippen LogP contribution in [0.2, 0.25) is 0 Å². The number of nitrogens with zero attached hydrogens (tertiary/aromatic N) is 4. The van der Waals surface area contributed by atoms with E-state index >= 15 is 0 Å². The summed E-state index contributed by atoms with van der Waals surface area (Å²) >= 11 is 6.06. The Bertz CT molecular complexity index is 323. The summed E-state index contributed by atoms with van der Waals surface area (Å²) in [6.07, 6.45) is 4.94. The predicted molar refractivity (Wildman–Crippen MR) is 58.8 cm³/mol. The second kappa shape index (κ2) is 4.47. The SMILES string of the molecule is CCC1CCCC1n1nnnc1C(C)Cl. The van der Waals surface area contributed by atoms with Crippen LogP contribution in [-0.2, 0) is 0 Å². The van der Waals surface area contributed by atoms with E-state index in [0.717, 1.165) is 5.82 Å². The summed E-state index contributed by atoms with van der Waals surface area (Å²) in [5.74, 6) is 1.52. The van der Waals surface area contributed by atoms with Gasteiger partial charge >= 0.3 is 0 Å². The van der Waals surface area contributed by atoms with E-state index in [2.05, 4.69) is 22.4 Å². The van der Waals surface area contributed by atoms with Crippen LogP contribution >= 0.6 is 11.6 Å². The van der Waals surface area contributed by atoms with Gasteiger partial charge in [-0.3, -0.25) is 0 Å². The van der Waals surface area contributed by atoms with Gasteiger partial charge in [0.2, 0.25) is 0 Å². The summed E-state index contributed by atoms with van der Waals surface area (Å²) in [5.41, 5.74) is 0. The largest absolute Gasteiger partial charge is 0.225 e. The monoisotopic (exact) mass is 228 g/mol. The lowest BCUT2D eigenvalue weighted by molar-refractivity contribution is 0.329. The first-order valence-corrected chi connectivity index (χ1v) is 6.09. The van der Waals surface area contributed by atoms with Crippen LogP contribution in [0, 0.1) is 5.92 Å². The number of tetrazole rings is 1. The Balaban J connectivity index is 2.24. The van der Waals surface area contributed by atoms with E-state index < -0.39 is 0 Å². The van der Waals surface area contributed by atoms with Crippen LogP contribution in [0.1, 0.15) is 56.8 Å². The maximum atomic E-state index is 6.06. The quantitative estimate of drug-likeness (QED) is 0.748. The van der Waals surface area contributed by atoms with Crippen LogP contribution in [-0.4, -0.2) is 20.2 Å². The van der Waals surface area contributed by atoms with Gasteiger partial charge in [-0.2, -0.15) is 0 Å². The van der Waals surface area contributed by atoms with Gasteiger partial charge in [0.05, 0.1) is 11.4 Å². The number of alkyl halides is 1. The van der Waals surface area contributed by atoms with Gasteiger partial charge in [-0.25, -0.2) is 4.68 Å². The molecule has 1 aromatic rings. The first-order chi connectivity index (χ1) is 7.24. The topological polar surface area (TPSA) is 43.6 Å². The molecule has 1 aliphatic rings. The van der Waals surface area contributed by atoms with Crippen molar-refractivity contribution < 1.29 is 0 Å². The molecule has 0 aliphatic heterocycles. The Morgan fingerprint density at radius 1 is 1.53 bits per heavy atom. The Kier molecular flexibility index (Phi) is 3.24. The molecule has 0 amide bonds. The molecule has 84 valence electrons. The average molecular weight is 229 g/mol. The maximum absolute atomic E-state index is 6.06. The third-order valence-electron chi connectivity index (χ3n) is 3.33. The third kappa shape index (κ3) is 2.00. The fourth-order valence-corrected chi connectivity index (χ4v) is 2.66. The highest BCUT2D eigenvalue weighted by atomic mass is 35.5. The summed E-state index contributed by atoms with van der Waals surface area (Å²) in [6.45, 7) is 4.15. The van der Waals surface area contributed by atoms with Crippen molar-refractivity contribution >= 4 is 11.6 Å². The molecule has 1 aromatic heterocycles. The Morgan fingerprint density at radius 3 is 3.00 bits per heavy atom. The normalized spacial score (nSPS) is 28.2. The van der Waals surface area contributed by atoms with Crippen molar-refractivity contribution in [3.8, 4) is 0 Å². The molecule has 0 saturated heterocycles. The van der Waals surface area contributed by atoms with Crippen LogP contribution in [0.3, 0.4) is 0 Å². The fourth-order valence-electron chi connectivity index (χ4n) is 2.51. The van der Waals surface area contributed by atoms with Crippen LogP contribution in [0.4, 0.5) is 0 Å². The van der Waals surface area contributed by atoms with Crippen molar-refractivity contribution in [2.45, 2.75) is 50.9 Å². The average Bonchev–Trinajstić information content (AvgIpc) is 2.85. The number of hydrogen-bond acceptors (Lipinski definition) is 3. The van der Waals surface area contributed by atoms with Gasteiger partial charge in [0.25, 0.3) is 0 Å². The van der Waals surface area contributed by atoms with E-state index in [1.165, 1.54) is 25.7 Å². The summed E-state index contributed by atoms with van der Waals surface area (Å²) in [4.78, 5) is 0. The minimum Gasteiger partial charge on any atom is -0.225 e. The molecule has 0 N–H and O–H groups in total. The van der Waals surface area contributed by atoms with Crippen LogP contribution in [0.25, 0.3) is 0 Å². The standard InChI is InChI=1S/C10H17ClN4/c1-3-8-5-4-6-9(8)15-10(7(2)11)12-13-14-15/h7-9H,3-6H2,1-2H3. The smallest absolute Gasteiger partial charge is 0.169 e. The highest BCUT2D eigenvalue weighted by Crippen LogP contribution is 2.38. The molecule has 3 atom stereocenters. The first kappa shape index (κ1) is 10.9. The van der Waals surface area contributed by atoms with Crippen LogP contribution in [0.5, 0.6) is 0 Å². The minimum atomic E-state index is -0.113. The molecule has 1 fully saturated rings. The zero-order valence-electron chi connectivity index (χ0n) is 9.23. The minimum absolute atomic E-state index is 0.113. The lowest BCUT2D eigenvalue weighted by Gasteiger charge is -2.19. The van der Waals surface area contributed by atoms with Crippen molar-refractivity contribution in [3.63, 3.8) is 0 Å². The zero-order valence-corrected chi connectivity index (χ0v) is 9.98. The van der Waals surface area contributed by atoms with E-state index in [0.29, 0.717) is 12.0 Å². The molecular formula is C10H17ClN4. The molecule has 1 heterocycles. The van der Waals surface area contributed by atoms with E-state index in [-0.39, 0.29) is 5.38 Å². The van der Waals surface area contributed by atoms with E-state index in [9.17, 15) is 0 Å². The molecule has 0 spiro atoms. The third-order valence-corrected chi connectivity index (χ3v) is 3.53. The van der Waals surface area contributed by atoms with Gasteiger partial charge in [-0.1, -0.05) is 19.8 Å². The van der Waals surface area contributed by atoms with Crippen molar-refractivity contribution in [3.05, 3.63) is 5.82 Å². The van der Waals surface area contributed by atoms with Gasteiger partial charge in [0.1, 0.15) is 0 Å². The van der Waals surface area contributed by atoms with Gasteiger partial charge in [0.15, 0.2) is 5.82 Å². The molecule has 1 aliphatic carbocycles. The lowest BCUT2D eigenvalue weighted by Crippen LogP contribution is -2.18. The number of aromatic nitrogens is 4. The zero-order chi connectivity index (χ0) is 10.8. The second-order valence-corrected chi connectivity index (χ2v) is 4.92. The van der Waals surface area contributed by atoms with E-state index in [1.54, 1.807) is 0 Å². The highest BCUT2D eigenvalue weighted by Gasteiger charge is 2.30. The number of hydrogen-bond donors (Lipinski definition) is 0. The number of rotatable bonds is 3. The maximum Gasteiger partial charge on any atom is 0.169 e. The van der Waals surface area contributed by atoms with Gasteiger partial charge in [-0.05, 0) is 36.1 Å². The number of halogens is 1. The Hall–Kier alpha value is -0.640. The van der Waals surface area contributed by atoms with Gasteiger partial charge < -0.3 is 0 Å². The summed E-state index contributed by atoms with van der Waals surface area (Å²) in [7, 11) is 0. The van der Waals surface area contributed by atoms with Crippen molar-refractivity contribution in [1.82, 2.24) is 20.2 Å². The summed E-state index contributed by atoms with van der Waals surface area (Å²) in [5, 5.41) is 11.7. The molecule has 15 heavy (non-hydrogen) atoms. The van der Waals surface area contributed by atoms with Gasteiger partial charge in [0, 0.05) is 0 Å². The molecule has 3 unspecified atom stereocenters. The summed E-state index contributed by atoms with van der Waals surface area (Å²) in [6, 6.07) is 0.459. The van der Waals surface area contributed by atoms with Gasteiger partial charge in [-0.15, -0.1) is 16.7 Å². The Labute approximate surface area is 95.0 Å². The summed E-state index contributed by atoms with van der Waals surface area (Å²) < 4.78 is 1.94. The molecule has 4 nitrogen and oxygen atoms in total. The second-order valence-electron chi connectivity index (χ2n) is 4.26. The van der Waals surface area contributed by atoms with Crippen LogP contribution < -0.4 is 0 Å². The van der Waals surface area contributed by atoms with E-state index in [4.69, 9.17) is 11.6 Å². The molecular weight excluding hydrogens is 212 g/mol. The first-order valence-electron chi connectivity index (χ1n) is 5.65. The Morgan fingerprint density at radius 2 is 2.33 bits per heavy atom.